The van der Waals surface area contributed by atoms with Crippen LogP contribution in [-0.4, -0.2) is 64.8 Å². The highest BCUT2D eigenvalue weighted by molar-refractivity contribution is 7.89. The number of sulfonamides is 1. The summed E-state index contributed by atoms with van der Waals surface area (Å²) in [4.78, 5) is 6.67. The molecule has 164 valence electrons. The highest BCUT2D eigenvalue weighted by atomic mass is 32.2. The largest absolute Gasteiger partial charge is 0.468 e. The Morgan fingerprint density at radius 2 is 2.03 bits per heavy atom. The van der Waals surface area contributed by atoms with E-state index in [9.17, 15) is 8.42 Å². The molecule has 2 fully saturated rings. The first-order chi connectivity index (χ1) is 14.1. The molecule has 1 saturated heterocycles. The van der Waals surface area contributed by atoms with E-state index in [2.05, 4.69) is 25.2 Å². The number of aliphatic imine (C=N–C) groups is 1. The number of guanidine groups is 1. The number of nitrogens with zero attached hydrogens (tertiary/aromatic N) is 2. The van der Waals surface area contributed by atoms with Crippen molar-refractivity contribution in [3.63, 3.8) is 0 Å². The molecule has 0 spiro atoms. The van der Waals surface area contributed by atoms with Crippen molar-refractivity contribution >= 4 is 16.0 Å². The van der Waals surface area contributed by atoms with E-state index < -0.39 is 10.0 Å². The Bertz CT molecular complexity index is 725. The van der Waals surface area contributed by atoms with Crippen LogP contribution >= 0.6 is 0 Å². The van der Waals surface area contributed by atoms with Gasteiger partial charge in [0.1, 0.15) is 5.76 Å². The third-order valence-corrected chi connectivity index (χ3v) is 7.22. The Kier molecular flexibility index (Phi) is 8.38. The van der Waals surface area contributed by atoms with E-state index in [0.717, 1.165) is 31.7 Å². The summed E-state index contributed by atoms with van der Waals surface area (Å²) in [6.07, 6.45) is 8.87. The van der Waals surface area contributed by atoms with Crippen molar-refractivity contribution < 1.29 is 12.8 Å². The fraction of sp³-hybridized carbons (Fsp3) is 0.750. The van der Waals surface area contributed by atoms with Crippen LogP contribution in [0.2, 0.25) is 0 Å². The number of piperidine rings is 1. The first kappa shape index (κ1) is 22.1. The van der Waals surface area contributed by atoms with Crippen molar-refractivity contribution in [2.24, 2.45) is 10.9 Å². The normalized spacial score (nSPS) is 20.2. The second-order valence-electron chi connectivity index (χ2n) is 7.97. The van der Waals surface area contributed by atoms with Crippen molar-refractivity contribution in [2.45, 2.75) is 44.6 Å². The Hall–Kier alpha value is -1.58. The Morgan fingerprint density at radius 3 is 2.66 bits per heavy atom. The lowest BCUT2D eigenvalue weighted by molar-refractivity contribution is 0.146. The highest BCUT2D eigenvalue weighted by Crippen LogP contribution is 2.25. The lowest BCUT2D eigenvalue weighted by atomic mass is 9.86. The molecule has 1 aliphatic carbocycles. The molecule has 2 heterocycles. The maximum absolute atomic E-state index is 12.1. The molecule has 1 aromatic heterocycles. The van der Waals surface area contributed by atoms with Gasteiger partial charge in [-0.15, -0.1) is 0 Å². The van der Waals surface area contributed by atoms with E-state index in [0.29, 0.717) is 31.5 Å². The van der Waals surface area contributed by atoms with Crippen LogP contribution in [0.3, 0.4) is 0 Å². The second-order valence-corrected chi connectivity index (χ2v) is 9.90. The van der Waals surface area contributed by atoms with Crippen LogP contribution in [0.5, 0.6) is 0 Å². The summed E-state index contributed by atoms with van der Waals surface area (Å²) in [5, 5.41) is 6.45. The fourth-order valence-corrected chi connectivity index (χ4v) is 4.86. The Morgan fingerprint density at radius 1 is 1.24 bits per heavy atom. The van der Waals surface area contributed by atoms with Crippen molar-refractivity contribution in [3.8, 4) is 0 Å². The minimum absolute atomic E-state index is 0.0359. The van der Waals surface area contributed by atoms with Gasteiger partial charge in [-0.1, -0.05) is 12.8 Å². The lowest BCUT2D eigenvalue weighted by Gasteiger charge is -2.33. The molecule has 1 saturated carbocycles. The van der Waals surface area contributed by atoms with E-state index in [1.54, 1.807) is 13.3 Å². The summed E-state index contributed by atoms with van der Waals surface area (Å²) >= 11 is 0. The van der Waals surface area contributed by atoms with Crippen molar-refractivity contribution in [3.05, 3.63) is 24.2 Å². The van der Waals surface area contributed by atoms with Gasteiger partial charge in [0.25, 0.3) is 0 Å². The molecule has 0 radical (unpaired) electrons. The van der Waals surface area contributed by atoms with Gasteiger partial charge in [0.05, 0.1) is 18.1 Å². The molecule has 1 aliphatic heterocycles. The molecular weight excluding hydrogens is 390 g/mol. The standard InChI is InChI=1S/C20H35N5O3S/c1-21-20(22-10-14-29(26,27)24-15-17-7-5-8-17)23-16-18(19-9-6-13-28-19)25-11-3-2-4-12-25/h6,9,13,17-18,24H,2-5,7-8,10-12,14-16H2,1H3,(H2,21,22,23). The van der Waals surface area contributed by atoms with Gasteiger partial charge in [-0.25, -0.2) is 13.1 Å². The smallest absolute Gasteiger partial charge is 0.213 e. The maximum Gasteiger partial charge on any atom is 0.213 e. The maximum atomic E-state index is 12.1. The molecular formula is C20H35N5O3S. The van der Waals surface area contributed by atoms with Crippen LogP contribution in [0.4, 0.5) is 0 Å². The van der Waals surface area contributed by atoms with Crippen LogP contribution in [0, 0.1) is 5.92 Å². The lowest BCUT2D eigenvalue weighted by Crippen LogP contribution is -2.46. The summed E-state index contributed by atoms with van der Waals surface area (Å²) in [5.74, 6) is 2.10. The minimum Gasteiger partial charge on any atom is -0.468 e. The molecule has 29 heavy (non-hydrogen) atoms. The molecule has 0 aromatic carbocycles. The summed E-state index contributed by atoms with van der Waals surface area (Å²) in [6, 6.07) is 4.06. The Labute approximate surface area is 174 Å². The summed E-state index contributed by atoms with van der Waals surface area (Å²) in [5.41, 5.74) is 0. The van der Waals surface area contributed by atoms with Crippen molar-refractivity contribution in [2.75, 3.05) is 45.5 Å². The van der Waals surface area contributed by atoms with Gasteiger partial charge in [-0.3, -0.25) is 9.89 Å². The number of hydrogen-bond donors (Lipinski definition) is 3. The monoisotopic (exact) mass is 425 g/mol. The molecule has 1 unspecified atom stereocenters. The molecule has 0 amide bonds. The van der Waals surface area contributed by atoms with Crippen LogP contribution in [0.25, 0.3) is 0 Å². The van der Waals surface area contributed by atoms with Crippen molar-refractivity contribution in [1.82, 2.24) is 20.3 Å². The zero-order valence-corrected chi connectivity index (χ0v) is 18.2. The summed E-state index contributed by atoms with van der Waals surface area (Å²) in [7, 11) is -1.56. The van der Waals surface area contributed by atoms with Gasteiger partial charge in [-0.05, 0) is 56.8 Å². The topological polar surface area (TPSA) is 99.0 Å². The zero-order valence-electron chi connectivity index (χ0n) is 17.4. The van der Waals surface area contributed by atoms with Crippen molar-refractivity contribution in [1.29, 1.82) is 0 Å². The number of hydrogen-bond acceptors (Lipinski definition) is 5. The molecule has 3 N–H and O–H groups in total. The van der Waals surface area contributed by atoms with Gasteiger partial charge in [0.2, 0.25) is 10.0 Å². The molecule has 3 rings (SSSR count). The van der Waals surface area contributed by atoms with Crippen LogP contribution in [0.15, 0.2) is 27.8 Å². The van der Waals surface area contributed by atoms with E-state index in [4.69, 9.17) is 4.42 Å². The number of furan rings is 1. The zero-order chi connectivity index (χ0) is 20.5. The van der Waals surface area contributed by atoms with E-state index in [-0.39, 0.29) is 11.8 Å². The SMILES string of the molecule is CN=C(NCCS(=O)(=O)NCC1CCC1)NCC(c1ccco1)N1CCCCC1. The molecule has 0 bridgehead atoms. The molecule has 2 aliphatic rings. The summed E-state index contributed by atoms with van der Waals surface area (Å²) in [6.45, 7) is 3.65. The van der Waals surface area contributed by atoms with E-state index in [1.807, 2.05) is 12.1 Å². The predicted molar refractivity (Wildman–Crippen MR) is 115 cm³/mol. The quantitative estimate of drug-likeness (QED) is 0.390. The average molecular weight is 426 g/mol. The second kappa shape index (κ2) is 11.0. The molecule has 1 aromatic rings. The summed E-state index contributed by atoms with van der Waals surface area (Å²) < 4.78 is 32.7. The fourth-order valence-electron chi connectivity index (χ4n) is 3.85. The van der Waals surface area contributed by atoms with Gasteiger partial charge < -0.3 is 15.1 Å². The van der Waals surface area contributed by atoms with Crippen LogP contribution in [0.1, 0.15) is 50.3 Å². The third kappa shape index (κ3) is 7.01. The van der Waals surface area contributed by atoms with Gasteiger partial charge in [-0.2, -0.15) is 0 Å². The van der Waals surface area contributed by atoms with E-state index >= 15 is 0 Å². The van der Waals surface area contributed by atoms with Gasteiger partial charge in [0.15, 0.2) is 5.96 Å². The minimum atomic E-state index is -3.26. The molecule has 1 atom stereocenters. The first-order valence-electron chi connectivity index (χ1n) is 10.8. The molecule has 9 heteroatoms. The van der Waals surface area contributed by atoms with Gasteiger partial charge in [0, 0.05) is 26.7 Å². The third-order valence-electron chi connectivity index (χ3n) is 5.87. The highest BCUT2D eigenvalue weighted by Gasteiger charge is 2.25. The molecule has 8 nitrogen and oxygen atoms in total. The Balaban J connectivity index is 1.44. The number of nitrogens with one attached hydrogen (secondary N) is 3. The average Bonchev–Trinajstić information content (AvgIpc) is 3.20. The number of likely N-dealkylation sites (tertiary alicyclic amines) is 1. The van der Waals surface area contributed by atoms with Crippen LogP contribution in [-0.2, 0) is 10.0 Å². The first-order valence-corrected chi connectivity index (χ1v) is 12.4. The van der Waals surface area contributed by atoms with Gasteiger partial charge >= 0.3 is 0 Å². The van der Waals surface area contributed by atoms with Crippen LogP contribution < -0.4 is 15.4 Å². The van der Waals surface area contributed by atoms with E-state index in [1.165, 1.54) is 25.7 Å². The predicted octanol–water partition coefficient (Wildman–Crippen LogP) is 1.69. The number of rotatable bonds is 10.